The molecule has 0 saturated heterocycles. The summed E-state index contributed by atoms with van der Waals surface area (Å²) in [7, 11) is 0. The van der Waals surface area contributed by atoms with Gasteiger partial charge in [0.15, 0.2) is 0 Å². The summed E-state index contributed by atoms with van der Waals surface area (Å²) < 4.78 is 2.23. The molecule has 0 spiro atoms. The average molecular weight is 435 g/mol. The van der Waals surface area contributed by atoms with E-state index in [1.807, 2.05) is 62.4 Å². The lowest BCUT2D eigenvalue weighted by Crippen LogP contribution is -2.20. The Hall–Kier alpha value is -4.17. The Balaban J connectivity index is 1.55. The van der Waals surface area contributed by atoms with Gasteiger partial charge in [-0.05, 0) is 55.7 Å². The molecule has 0 aliphatic carbocycles. The van der Waals surface area contributed by atoms with Gasteiger partial charge in [-0.25, -0.2) is 5.43 Å². The Bertz CT molecular complexity index is 1390. The van der Waals surface area contributed by atoms with Crippen molar-refractivity contribution in [3.8, 4) is 6.07 Å². The van der Waals surface area contributed by atoms with Crippen LogP contribution in [0.5, 0.6) is 0 Å². The number of hydrogen-bond donors (Lipinski definition) is 1. The number of nitriles is 1. The molecule has 0 unspecified atom stereocenters. The Morgan fingerprint density at radius 1 is 1.06 bits per heavy atom. The van der Waals surface area contributed by atoms with Crippen LogP contribution in [-0.2, 0) is 17.8 Å². The first-order valence-corrected chi connectivity index (χ1v) is 10.9. The summed E-state index contributed by atoms with van der Waals surface area (Å²) in [6.45, 7) is 6.81. The van der Waals surface area contributed by atoms with Gasteiger partial charge < -0.3 is 4.57 Å². The molecule has 1 heterocycles. The van der Waals surface area contributed by atoms with E-state index >= 15 is 0 Å². The smallest absolute Gasteiger partial charge is 0.244 e. The van der Waals surface area contributed by atoms with Gasteiger partial charge in [0.25, 0.3) is 0 Å². The molecule has 1 N–H and O–H groups in total. The fourth-order valence-corrected chi connectivity index (χ4v) is 4.12. The van der Waals surface area contributed by atoms with Crippen LogP contribution < -0.4 is 5.43 Å². The number of benzene rings is 3. The van der Waals surface area contributed by atoms with Crippen LogP contribution in [0.1, 0.15) is 39.1 Å². The highest BCUT2D eigenvalue weighted by atomic mass is 16.2. The quantitative estimate of drug-likeness (QED) is 0.336. The van der Waals surface area contributed by atoms with Gasteiger partial charge in [-0.1, -0.05) is 54.1 Å². The van der Waals surface area contributed by atoms with Crippen LogP contribution in [0, 0.1) is 32.1 Å². The van der Waals surface area contributed by atoms with Crippen LogP contribution in [0.4, 0.5) is 0 Å². The Kier molecular flexibility index (Phi) is 6.37. The van der Waals surface area contributed by atoms with Crippen LogP contribution in [0.25, 0.3) is 10.9 Å². The molecule has 0 aliphatic rings. The molecule has 3 aromatic carbocycles. The predicted octanol–water partition coefficient (Wildman–Crippen LogP) is 5.18. The van der Waals surface area contributed by atoms with Crippen LogP contribution in [0.15, 0.2) is 71.8 Å². The molecule has 0 atom stereocenters. The lowest BCUT2D eigenvalue weighted by Gasteiger charge is -2.09. The fourth-order valence-electron chi connectivity index (χ4n) is 4.12. The molecular formula is C28H26N4O. The SMILES string of the molecule is Cc1ccc(CC(=O)N/N=C/c2c(C)n(Cc3ccc(C#N)cc3)c3ccccc23)c(C)c1. The number of fused-ring (bicyclic) bond motifs is 1. The molecule has 4 aromatic rings. The van der Waals surface area contributed by atoms with E-state index in [9.17, 15) is 4.79 Å². The summed E-state index contributed by atoms with van der Waals surface area (Å²) in [6.07, 6.45) is 2.02. The van der Waals surface area contributed by atoms with E-state index in [-0.39, 0.29) is 5.91 Å². The normalized spacial score (nSPS) is 11.1. The summed E-state index contributed by atoms with van der Waals surface area (Å²) in [5.74, 6) is -0.142. The van der Waals surface area contributed by atoms with E-state index in [1.165, 1.54) is 5.56 Å². The zero-order chi connectivity index (χ0) is 23.4. The third-order valence-electron chi connectivity index (χ3n) is 5.94. The number of para-hydroxylation sites is 1. The first kappa shape index (κ1) is 22.0. The molecule has 5 heteroatoms. The molecule has 4 rings (SSSR count). The molecule has 0 radical (unpaired) electrons. The largest absolute Gasteiger partial charge is 0.340 e. The van der Waals surface area contributed by atoms with Crippen LogP contribution >= 0.6 is 0 Å². The molecular weight excluding hydrogens is 408 g/mol. The summed E-state index contributed by atoms with van der Waals surface area (Å²) in [4.78, 5) is 12.4. The van der Waals surface area contributed by atoms with Crippen molar-refractivity contribution in [2.45, 2.75) is 33.7 Å². The number of carbonyl (C=O) groups is 1. The number of nitrogens with one attached hydrogen (secondary N) is 1. The van der Waals surface area contributed by atoms with Crippen molar-refractivity contribution < 1.29 is 4.79 Å². The van der Waals surface area contributed by atoms with Crippen molar-refractivity contribution in [2.24, 2.45) is 5.10 Å². The number of aryl methyl sites for hydroxylation is 2. The maximum Gasteiger partial charge on any atom is 0.244 e. The van der Waals surface area contributed by atoms with Crippen molar-refractivity contribution in [2.75, 3.05) is 0 Å². The van der Waals surface area contributed by atoms with Gasteiger partial charge in [0.2, 0.25) is 5.91 Å². The standard InChI is InChI=1S/C28H26N4O/c1-19-8-13-24(20(2)14-19)15-28(33)31-30-17-26-21(3)32(27-7-5-4-6-25(26)27)18-23-11-9-22(16-29)10-12-23/h4-14,17H,15,18H2,1-3H3,(H,31,33)/b30-17+. The second-order valence-electron chi connectivity index (χ2n) is 8.31. The Labute approximate surface area is 194 Å². The predicted molar refractivity (Wildman–Crippen MR) is 132 cm³/mol. The number of nitrogens with zero attached hydrogens (tertiary/aromatic N) is 3. The molecule has 0 aliphatic heterocycles. The van der Waals surface area contributed by atoms with E-state index in [4.69, 9.17) is 5.26 Å². The summed E-state index contributed by atoms with van der Waals surface area (Å²) in [5, 5.41) is 14.4. The average Bonchev–Trinajstić information content (AvgIpc) is 3.07. The highest BCUT2D eigenvalue weighted by Gasteiger charge is 2.13. The first-order chi connectivity index (χ1) is 16.0. The fraction of sp³-hybridized carbons (Fsp3) is 0.179. The molecule has 1 aromatic heterocycles. The van der Waals surface area contributed by atoms with Crippen LogP contribution in [0.3, 0.4) is 0 Å². The molecule has 164 valence electrons. The van der Waals surface area contributed by atoms with Crippen LogP contribution in [-0.4, -0.2) is 16.7 Å². The highest BCUT2D eigenvalue weighted by molar-refractivity contribution is 6.01. The number of hydrogen-bond acceptors (Lipinski definition) is 3. The molecule has 33 heavy (non-hydrogen) atoms. The van der Waals surface area contributed by atoms with Crippen molar-refractivity contribution in [1.82, 2.24) is 9.99 Å². The van der Waals surface area contributed by atoms with Crippen molar-refractivity contribution in [3.63, 3.8) is 0 Å². The zero-order valence-electron chi connectivity index (χ0n) is 19.1. The van der Waals surface area contributed by atoms with Gasteiger partial charge in [-0.15, -0.1) is 0 Å². The summed E-state index contributed by atoms with van der Waals surface area (Å²) in [5.41, 5.74) is 10.9. The maximum absolute atomic E-state index is 12.4. The lowest BCUT2D eigenvalue weighted by molar-refractivity contribution is -0.120. The first-order valence-electron chi connectivity index (χ1n) is 10.9. The third kappa shape index (κ3) is 4.86. The maximum atomic E-state index is 12.4. The van der Waals surface area contributed by atoms with Crippen molar-refractivity contribution >= 4 is 23.0 Å². The van der Waals surface area contributed by atoms with E-state index in [0.29, 0.717) is 18.5 Å². The van der Waals surface area contributed by atoms with E-state index in [1.54, 1.807) is 6.21 Å². The van der Waals surface area contributed by atoms with Crippen molar-refractivity contribution in [1.29, 1.82) is 5.26 Å². The molecule has 0 saturated carbocycles. The molecule has 0 fully saturated rings. The number of amides is 1. The molecule has 0 bridgehead atoms. The minimum absolute atomic E-state index is 0.142. The van der Waals surface area contributed by atoms with Gasteiger partial charge >= 0.3 is 0 Å². The minimum Gasteiger partial charge on any atom is -0.340 e. The molecule has 5 nitrogen and oxygen atoms in total. The summed E-state index contributed by atoms with van der Waals surface area (Å²) in [6, 6.07) is 24.1. The van der Waals surface area contributed by atoms with Gasteiger partial charge in [0, 0.05) is 28.7 Å². The number of rotatable bonds is 6. The van der Waals surface area contributed by atoms with Gasteiger partial charge in [-0.3, -0.25) is 4.79 Å². The Morgan fingerprint density at radius 2 is 1.82 bits per heavy atom. The topological polar surface area (TPSA) is 70.2 Å². The zero-order valence-corrected chi connectivity index (χ0v) is 19.1. The highest BCUT2D eigenvalue weighted by Crippen LogP contribution is 2.25. The van der Waals surface area contributed by atoms with Gasteiger partial charge in [0.05, 0.1) is 24.3 Å². The van der Waals surface area contributed by atoms with Crippen molar-refractivity contribution in [3.05, 3.63) is 106 Å². The van der Waals surface area contributed by atoms with Gasteiger partial charge in [0.1, 0.15) is 0 Å². The second kappa shape index (κ2) is 9.54. The van der Waals surface area contributed by atoms with E-state index in [2.05, 4.69) is 46.3 Å². The third-order valence-corrected chi connectivity index (χ3v) is 5.94. The van der Waals surface area contributed by atoms with E-state index < -0.39 is 0 Å². The summed E-state index contributed by atoms with van der Waals surface area (Å²) >= 11 is 0. The number of aromatic nitrogens is 1. The Morgan fingerprint density at radius 3 is 2.55 bits per heavy atom. The number of hydrazone groups is 1. The minimum atomic E-state index is -0.142. The molecule has 1 amide bonds. The monoisotopic (exact) mass is 434 g/mol. The lowest BCUT2D eigenvalue weighted by atomic mass is 10.0. The number of carbonyl (C=O) groups excluding carboxylic acids is 1. The van der Waals surface area contributed by atoms with Crippen LogP contribution in [0.2, 0.25) is 0 Å². The van der Waals surface area contributed by atoms with E-state index in [0.717, 1.165) is 38.9 Å². The van der Waals surface area contributed by atoms with Gasteiger partial charge in [-0.2, -0.15) is 10.4 Å². The second-order valence-corrected chi connectivity index (χ2v) is 8.31.